The summed E-state index contributed by atoms with van der Waals surface area (Å²) < 4.78 is 11.5. The molecule has 124 valence electrons. The minimum absolute atomic E-state index is 0.0506. The number of benzene rings is 1. The Morgan fingerprint density at radius 1 is 1.12 bits per heavy atom. The van der Waals surface area contributed by atoms with Crippen LogP contribution in [-0.4, -0.2) is 24.0 Å². The Morgan fingerprint density at radius 3 is 2.46 bits per heavy atom. The molecule has 2 rings (SSSR count). The van der Waals surface area contributed by atoms with E-state index in [1.54, 1.807) is 12.2 Å². The van der Waals surface area contributed by atoms with E-state index in [9.17, 15) is 10.8 Å². The van der Waals surface area contributed by atoms with Crippen molar-refractivity contribution in [2.24, 2.45) is 0 Å². The fourth-order valence-corrected chi connectivity index (χ4v) is 2.71. The van der Waals surface area contributed by atoms with Crippen molar-refractivity contribution in [3.8, 4) is 5.75 Å². The fourth-order valence-electron chi connectivity index (χ4n) is 2.71. The summed E-state index contributed by atoms with van der Waals surface area (Å²) in [6, 6.07) is 6.59. The van der Waals surface area contributed by atoms with Gasteiger partial charge in [-0.2, -0.15) is 0 Å². The smallest absolute Gasteiger partial charge is 0.491 e. The highest BCUT2D eigenvalue weighted by molar-refractivity contribution is 5.76. The van der Waals surface area contributed by atoms with Crippen molar-refractivity contribution in [3.63, 3.8) is 0 Å². The van der Waals surface area contributed by atoms with Gasteiger partial charge in [0.1, 0.15) is 10.7 Å². The Kier molecular flexibility index (Phi) is 5.33. The van der Waals surface area contributed by atoms with Crippen LogP contribution in [0.25, 0.3) is 15.5 Å². The van der Waals surface area contributed by atoms with E-state index in [-0.39, 0.29) is 12.2 Å². The molecule has 0 N–H and O–H groups in total. The van der Waals surface area contributed by atoms with Crippen LogP contribution < -0.4 is 4.74 Å². The van der Waals surface area contributed by atoms with Crippen molar-refractivity contribution in [2.75, 3.05) is 0 Å². The van der Waals surface area contributed by atoms with E-state index in [0.717, 1.165) is 5.56 Å². The van der Waals surface area contributed by atoms with E-state index < -0.39 is 11.8 Å². The van der Waals surface area contributed by atoms with Gasteiger partial charge in [0.2, 0.25) is 10.8 Å². The summed E-state index contributed by atoms with van der Waals surface area (Å²) >= 11 is 0. The maximum Gasteiger partial charge on any atom is 0.534 e. The van der Waals surface area contributed by atoms with Crippen molar-refractivity contribution in [3.05, 3.63) is 58.0 Å². The van der Waals surface area contributed by atoms with Crippen LogP contribution in [0.4, 0.5) is 0 Å². The van der Waals surface area contributed by atoms with Crippen molar-refractivity contribution in [2.45, 2.75) is 51.7 Å². The molecule has 2 unspecified atom stereocenters. The van der Waals surface area contributed by atoms with Crippen LogP contribution in [0.3, 0.4) is 0 Å². The van der Waals surface area contributed by atoms with Gasteiger partial charge in [0.15, 0.2) is 4.98 Å². The third kappa shape index (κ3) is 3.61. The van der Waals surface area contributed by atoms with Gasteiger partial charge in [0.05, 0.1) is 17.8 Å². The molecule has 1 aromatic carbocycles. The molecular weight excluding hydrogens is 304 g/mol. The van der Waals surface area contributed by atoms with Crippen molar-refractivity contribution >= 4 is 5.57 Å². The minimum Gasteiger partial charge on any atom is -0.491 e. The van der Waals surface area contributed by atoms with Gasteiger partial charge >= 0.3 is 11.8 Å². The highest BCUT2D eigenvalue weighted by Gasteiger charge is 2.65. The summed E-state index contributed by atoms with van der Waals surface area (Å²) in [5.41, 5.74) is 0.0235. The number of ether oxygens (including phenoxy) is 2. The lowest BCUT2D eigenvalue weighted by atomic mass is 9.87. The number of allylic oxidation sites excluding steroid dienone is 2. The van der Waals surface area contributed by atoms with Crippen LogP contribution in [0.15, 0.2) is 42.5 Å². The first kappa shape index (κ1) is 17.7. The molecule has 1 aromatic rings. The molecule has 0 spiro atoms. The lowest BCUT2D eigenvalue weighted by Crippen LogP contribution is -2.42. The molecule has 0 radical (unpaired) electrons. The van der Waals surface area contributed by atoms with Gasteiger partial charge < -0.3 is 4.74 Å². The van der Waals surface area contributed by atoms with Gasteiger partial charge in [-0.1, -0.05) is 18.2 Å². The van der Waals surface area contributed by atoms with Crippen molar-refractivity contribution in [1.29, 1.82) is 10.8 Å². The molecular formula is C18H22N4O2+2. The second-order valence-electron chi connectivity index (χ2n) is 6.21. The lowest BCUT2D eigenvalue weighted by Gasteiger charge is -2.18. The molecule has 0 aromatic heterocycles. The SMILES string of the molecule is CC(C)Oc1cccc(C2=CC=CC([N+]#N)(OC(C)C)C2[N+]#N)c1. The van der Waals surface area contributed by atoms with Crippen molar-refractivity contribution in [1.82, 2.24) is 0 Å². The van der Waals surface area contributed by atoms with Gasteiger partial charge in [-0.25, -0.2) is 0 Å². The summed E-state index contributed by atoms with van der Waals surface area (Å²) in [4.78, 5) is 6.82. The maximum atomic E-state index is 9.59. The van der Waals surface area contributed by atoms with E-state index in [1.807, 2.05) is 58.0 Å². The highest BCUT2D eigenvalue weighted by atomic mass is 16.5. The molecule has 0 aliphatic heterocycles. The van der Waals surface area contributed by atoms with Gasteiger partial charge in [0.25, 0.3) is 0 Å². The first-order valence-electron chi connectivity index (χ1n) is 7.96. The molecule has 0 heterocycles. The summed E-state index contributed by atoms with van der Waals surface area (Å²) in [5, 5.41) is 19.1. The zero-order valence-electron chi connectivity index (χ0n) is 14.4. The summed E-state index contributed by atoms with van der Waals surface area (Å²) in [7, 11) is 0. The van der Waals surface area contributed by atoms with E-state index >= 15 is 0 Å². The first-order valence-corrected chi connectivity index (χ1v) is 7.96. The van der Waals surface area contributed by atoms with Crippen LogP contribution in [-0.2, 0) is 4.74 Å². The Balaban J connectivity index is 2.44. The molecule has 1 aliphatic rings. The van der Waals surface area contributed by atoms with E-state index in [4.69, 9.17) is 9.47 Å². The van der Waals surface area contributed by atoms with Crippen LogP contribution in [0.2, 0.25) is 0 Å². The molecule has 2 atom stereocenters. The third-order valence-corrected chi connectivity index (χ3v) is 3.53. The third-order valence-electron chi connectivity index (χ3n) is 3.53. The lowest BCUT2D eigenvalue weighted by molar-refractivity contribution is -0.0195. The molecule has 6 nitrogen and oxygen atoms in total. The average Bonchev–Trinajstić information content (AvgIpc) is 2.53. The molecule has 0 amide bonds. The second kappa shape index (κ2) is 7.25. The van der Waals surface area contributed by atoms with Crippen molar-refractivity contribution < 1.29 is 9.47 Å². The quantitative estimate of drug-likeness (QED) is 0.740. The standard InChI is InChI=1S/C18H22N4O2/c1-12(2)23-15-8-5-7-14(11-15)16-9-6-10-18(22-20,17(16)21-19)24-13(3)4/h5-13,17H,1-4H3/q+2. The Hall–Kier alpha value is -2.70. The molecule has 6 heteroatoms. The number of diazo groups is 2. The predicted octanol–water partition coefficient (Wildman–Crippen LogP) is 4.62. The molecule has 0 saturated heterocycles. The minimum atomic E-state index is -1.46. The van der Waals surface area contributed by atoms with Gasteiger partial charge in [-0.05, 0) is 51.5 Å². The molecule has 24 heavy (non-hydrogen) atoms. The van der Waals surface area contributed by atoms with Crippen LogP contribution in [0.5, 0.6) is 5.75 Å². The normalized spacial score (nSPS) is 22.8. The number of rotatable bonds is 5. The van der Waals surface area contributed by atoms with E-state index in [0.29, 0.717) is 11.3 Å². The number of nitrogens with zero attached hydrogens (tertiary/aromatic N) is 4. The predicted molar refractivity (Wildman–Crippen MR) is 92.2 cm³/mol. The second-order valence-corrected chi connectivity index (χ2v) is 6.21. The Bertz CT molecular complexity index is 740. The fraction of sp³-hybridized carbons (Fsp3) is 0.444. The topological polar surface area (TPSA) is 74.8 Å². The number of hydrogen-bond donors (Lipinski definition) is 0. The van der Waals surface area contributed by atoms with Crippen LogP contribution in [0, 0.1) is 10.8 Å². The van der Waals surface area contributed by atoms with Crippen LogP contribution in [0.1, 0.15) is 33.3 Å². The van der Waals surface area contributed by atoms with Crippen LogP contribution >= 0.6 is 0 Å². The molecule has 0 saturated carbocycles. The van der Waals surface area contributed by atoms with Gasteiger partial charge in [0, 0.05) is 6.08 Å². The summed E-state index contributed by atoms with van der Waals surface area (Å²) in [6.07, 6.45) is 4.95. The molecule has 1 aliphatic carbocycles. The van der Waals surface area contributed by atoms with Gasteiger partial charge in [-0.15, -0.1) is 0 Å². The monoisotopic (exact) mass is 326 g/mol. The Morgan fingerprint density at radius 2 is 1.88 bits per heavy atom. The molecule has 0 bridgehead atoms. The highest BCUT2D eigenvalue weighted by Crippen LogP contribution is 2.38. The van der Waals surface area contributed by atoms with Gasteiger partial charge in [-0.3, -0.25) is 4.74 Å². The van der Waals surface area contributed by atoms with E-state index in [2.05, 4.69) is 9.95 Å². The summed E-state index contributed by atoms with van der Waals surface area (Å²) in [6.45, 7) is 7.55. The zero-order valence-corrected chi connectivity index (χ0v) is 14.4. The summed E-state index contributed by atoms with van der Waals surface area (Å²) in [5.74, 6) is 0.714. The number of hydrogen-bond acceptors (Lipinski definition) is 4. The van der Waals surface area contributed by atoms with E-state index in [1.165, 1.54) is 0 Å². The molecule has 0 fully saturated rings. The Labute approximate surface area is 142 Å². The first-order chi connectivity index (χ1) is 11.4. The largest absolute Gasteiger partial charge is 0.534 e. The zero-order chi connectivity index (χ0) is 17.7. The average molecular weight is 326 g/mol. The maximum absolute atomic E-state index is 9.59.